The number of aromatic nitrogens is 1. The Kier molecular flexibility index (Phi) is 4.43. The molecular formula is C10H16N2O. The average Bonchev–Trinajstić information content (AvgIpc) is 2.15. The third-order valence-electron chi connectivity index (χ3n) is 1.95. The Labute approximate surface area is 79.1 Å². The van der Waals surface area contributed by atoms with Crippen LogP contribution in [0.25, 0.3) is 0 Å². The molecule has 0 amide bonds. The fraction of sp³-hybridized carbons (Fsp3) is 0.500. The van der Waals surface area contributed by atoms with Crippen molar-refractivity contribution in [2.24, 2.45) is 0 Å². The van der Waals surface area contributed by atoms with Crippen LogP contribution in [0.3, 0.4) is 0 Å². The molecule has 0 saturated carbocycles. The van der Waals surface area contributed by atoms with Gasteiger partial charge in [-0.3, -0.25) is 4.98 Å². The Bertz CT molecular complexity index is 250. The van der Waals surface area contributed by atoms with E-state index >= 15 is 0 Å². The molecule has 1 heterocycles. The Morgan fingerprint density at radius 3 is 3.08 bits per heavy atom. The van der Waals surface area contributed by atoms with E-state index in [9.17, 15) is 0 Å². The Balaban J connectivity index is 2.32. The number of methoxy groups -OCH3 is 1. The van der Waals surface area contributed by atoms with E-state index < -0.39 is 0 Å². The molecule has 1 rings (SSSR count). The van der Waals surface area contributed by atoms with Crippen LogP contribution in [0.5, 0.6) is 0 Å². The van der Waals surface area contributed by atoms with Gasteiger partial charge in [0.05, 0.1) is 6.61 Å². The summed E-state index contributed by atoms with van der Waals surface area (Å²) < 4.78 is 4.93. The molecule has 0 bridgehead atoms. The largest absolute Gasteiger partial charge is 0.383 e. The lowest BCUT2D eigenvalue weighted by molar-refractivity contribution is 0.199. The first-order valence-electron chi connectivity index (χ1n) is 4.43. The smallest absolute Gasteiger partial charge is 0.0587 e. The minimum Gasteiger partial charge on any atom is -0.383 e. The number of hydrogen-bond acceptors (Lipinski definition) is 3. The molecule has 1 aromatic rings. The van der Waals surface area contributed by atoms with Crippen LogP contribution in [0.1, 0.15) is 11.1 Å². The fourth-order valence-corrected chi connectivity index (χ4v) is 1.08. The molecule has 0 unspecified atom stereocenters. The van der Waals surface area contributed by atoms with Gasteiger partial charge in [0.2, 0.25) is 0 Å². The maximum Gasteiger partial charge on any atom is 0.0587 e. The second-order valence-electron chi connectivity index (χ2n) is 2.97. The Morgan fingerprint density at radius 1 is 1.54 bits per heavy atom. The van der Waals surface area contributed by atoms with Crippen LogP contribution in [0.2, 0.25) is 0 Å². The molecule has 1 N–H and O–H groups in total. The second kappa shape index (κ2) is 5.67. The van der Waals surface area contributed by atoms with Crippen molar-refractivity contribution in [1.29, 1.82) is 0 Å². The van der Waals surface area contributed by atoms with Crippen molar-refractivity contribution in [3.8, 4) is 0 Å². The third-order valence-corrected chi connectivity index (χ3v) is 1.95. The predicted octanol–water partition coefficient (Wildman–Crippen LogP) is 1.13. The molecule has 0 spiro atoms. The molecule has 0 aliphatic rings. The summed E-state index contributed by atoms with van der Waals surface area (Å²) >= 11 is 0. The van der Waals surface area contributed by atoms with E-state index in [1.165, 1.54) is 11.1 Å². The van der Waals surface area contributed by atoms with Crippen LogP contribution in [0.15, 0.2) is 18.5 Å². The van der Waals surface area contributed by atoms with Crippen molar-refractivity contribution in [3.63, 3.8) is 0 Å². The van der Waals surface area contributed by atoms with Gasteiger partial charge in [0, 0.05) is 32.6 Å². The van der Waals surface area contributed by atoms with Crippen molar-refractivity contribution in [2.75, 3.05) is 20.3 Å². The van der Waals surface area contributed by atoms with Crippen molar-refractivity contribution in [3.05, 3.63) is 29.6 Å². The first-order valence-corrected chi connectivity index (χ1v) is 4.43. The summed E-state index contributed by atoms with van der Waals surface area (Å²) in [6.45, 7) is 4.59. The molecule has 0 aliphatic carbocycles. The zero-order valence-corrected chi connectivity index (χ0v) is 8.21. The monoisotopic (exact) mass is 180 g/mol. The van der Waals surface area contributed by atoms with Gasteiger partial charge in [-0.1, -0.05) is 0 Å². The molecular weight excluding hydrogens is 164 g/mol. The zero-order valence-electron chi connectivity index (χ0n) is 8.21. The highest BCUT2D eigenvalue weighted by molar-refractivity contribution is 5.20. The van der Waals surface area contributed by atoms with Crippen molar-refractivity contribution >= 4 is 0 Å². The maximum atomic E-state index is 4.93. The third kappa shape index (κ3) is 3.53. The highest BCUT2D eigenvalue weighted by Crippen LogP contribution is 2.03. The van der Waals surface area contributed by atoms with Crippen LogP contribution in [-0.2, 0) is 11.3 Å². The van der Waals surface area contributed by atoms with E-state index in [2.05, 4.69) is 17.2 Å². The summed E-state index contributed by atoms with van der Waals surface area (Å²) in [4.78, 5) is 4.07. The van der Waals surface area contributed by atoms with E-state index in [0.29, 0.717) is 0 Å². The second-order valence-corrected chi connectivity index (χ2v) is 2.97. The molecule has 13 heavy (non-hydrogen) atoms. The van der Waals surface area contributed by atoms with Crippen molar-refractivity contribution in [2.45, 2.75) is 13.5 Å². The summed E-state index contributed by atoms with van der Waals surface area (Å²) in [5, 5.41) is 3.28. The van der Waals surface area contributed by atoms with Gasteiger partial charge in [0.1, 0.15) is 0 Å². The molecule has 0 atom stereocenters. The quantitative estimate of drug-likeness (QED) is 0.690. The molecule has 0 fully saturated rings. The number of nitrogens with zero attached hydrogens (tertiary/aromatic N) is 1. The topological polar surface area (TPSA) is 34.1 Å². The number of hydrogen-bond donors (Lipinski definition) is 1. The summed E-state index contributed by atoms with van der Waals surface area (Å²) in [6.07, 6.45) is 3.71. The molecule has 0 aliphatic heterocycles. The molecule has 0 saturated heterocycles. The van der Waals surface area contributed by atoms with Crippen molar-refractivity contribution in [1.82, 2.24) is 10.3 Å². The molecule has 0 aromatic carbocycles. The lowest BCUT2D eigenvalue weighted by Gasteiger charge is -2.05. The number of nitrogens with one attached hydrogen (secondary N) is 1. The van der Waals surface area contributed by atoms with Gasteiger partial charge in [-0.25, -0.2) is 0 Å². The lowest BCUT2D eigenvalue weighted by Crippen LogP contribution is -2.19. The first kappa shape index (κ1) is 10.2. The molecule has 3 nitrogen and oxygen atoms in total. The van der Waals surface area contributed by atoms with Gasteiger partial charge < -0.3 is 10.1 Å². The number of rotatable bonds is 5. The Hall–Kier alpha value is -0.930. The van der Waals surface area contributed by atoms with Gasteiger partial charge in [0.25, 0.3) is 0 Å². The SMILES string of the molecule is COCCNCc1cnccc1C. The summed E-state index contributed by atoms with van der Waals surface area (Å²) in [6, 6.07) is 2.02. The summed E-state index contributed by atoms with van der Waals surface area (Å²) in [5.74, 6) is 0. The molecule has 0 radical (unpaired) electrons. The minimum absolute atomic E-state index is 0.749. The van der Waals surface area contributed by atoms with Crippen LogP contribution >= 0.6 is 0 Å². The van der Waals surface area contributed by atoms with Crippen molar-refractivity contribution < 1.29 is 4.74 Å². The maximum absolute atomic E-state index is 4.93. The first-order chi connectivity index (χ1) is 6.34. The standard InChI is InChI=1S/C10H16N2O/c1-9-3-4-11-7-10(9)8-12-5-6-13-2/h3-4,7,12H,5-6,8H2,1-2H3. The highest BCUT2D eigenvalue weighted by Gasteiger charge is 1.95. The van der Waals surface area contributed by atoms with Gasteiger partial charge in [0.15, 0.2) is 0 Å². The van der Waals surface area contributed by atoms with Gasteiger partial charge in [-0.05, 0) is 24.1 Å². The number of pyridine rings is 1. The molecule has 72 valence electrons. The Morgan fingerprint density at radius 2 is 2.38 bits per heavy atom. The molecule has 3 heteroatoms. The van der Waals surface area contributed by atoms with Gasteiger partial charge in [-0.2, -0.15) is 0 Å². The fourth-order valence-electron chi connectivity index (χ4n) is 1.08. The minimum atomic E-state index is 0.749. The van der Waals surface area contributed by atoms with Crippen LogP contribution in [0.4, 0.5) is 0 Å². The summed E-state index contributed by atoms with van der Waals surface area (Å²) in [7, 11) is 1.71. The van der Waals surface area contributed by atoms with E-state index in [0.717, 1.165) is 19.7 Å². The molecule has 1 aromatic heterocycles. The van der Waals surface area contributed by atoms with E-state index in [-0.39, 0.29) is 0 Å². The number of ether oxygens (including phenoxy) is 1. The van der Waals surface area contributed by atoms with Gasteiger partial charge >= 0.3 is 0 Å². The number of aryl methyl sites for hydroxylation is 1. The van der Waals surface area contributed by atoms with E-state index in [4.69, 9.17) is 4.74 Å². The van der Waals surface area contributed by atoms with Gasteiger partial charge in [-0.15, -0.1) is 0 Å². The van der Waals surface area contributed by atoms with Crippen LogP contribution in [0, 0.1) is 6.92 Å². The van der Waals surface area contributed by atoms with E-state index in [1.807, 2.05) is 18.5 Å². The average molecular weight is 180 g/mol. The highest BCUT2D eigenvalue weighted by atomic mass is 16.5. The van der Waals surface area contributed by atoms with E-state index in [1.54, 1.807) is 7.11 Å². The normalized spacial score (nSPS) is 10.3. The van der Waals surface area contributed by atoms with Crippen LogP contribution in [-0.4, -0.2) is 25.2 Å². The summed E-state index contributed by atoms with van der Waals surface area (Å²) in [5.41, 5.74) is 2.53. The zero-order chi connectivity index (χ0) is 9.52. The lowest BCUT2D eigenvalue weighted by atomic mass is 10.2. The predicted molar refractivity (Wildman–Crippen MR) is 52.6 cm³/mol. The van der Waals surface area contributed by atoms with Crippen LogP contribution < -0.4 is 5.32 Å².